The quantitative estimate of drug-likeness (QED) is 0.650. The first kappa shape index (κ1) is 16.2. The molecular weight excluding hydrogens is 426 g/mol. The maximum absolute atomic E-state index is 12.3. The molecule has 0 spiro atoms. The van der Waals surface area contributed by atoms with E-state index in [0.717, 1.165) is 21.5 Å². The normalized spacial score (nSPS) is 11.3. The Labute approximate surface area is 149 Å². The number of aromatic amines is 1. The highest BCUT2D eigenvalue weighted by molar-refractivity contribution is 9.10. The van der Waals surface area contributed by atoms with Gasteiger partial charge in [-0.25, -0.2) is 4.98 Å². The van der Waals surface area contributed by atoms with Crippen molar-refractivity contribution in [1.82, 2.24) is 24.9 Å². The van der Waals surface area contributed by atoms with Gasteiger partial charge in [0, 0.05) is 16.9 Å². The summed E-state index contributed by atoms with van der Waals surface area (Å²) in [6.45, 7) is 4.41. The molecule has 0 unspecified atom stereocenters. The molecule has 0 fully saturated rings. The monoisotopic (exact) mass is 439 g/mol. The van der Waals surface area contributed by atoms with Crippen LogP contribution in [0.2, 0.25) is 0 Å². The fourth-order valence-electron chi connectivity index (χ4n) is 2.23. The predicted molar refractivity (Wildman–Crippen MR) is 94.4 cm³/mol. The summed E-state index contributed by atoms with van der Waals surface area (Å²) in [5, 5.41) is 9.83. The first-order valence-corrected chi connectivity index (χ1v) is 8.69. The van der Waals surface area contributed by atoms with Gasteiger partial charge in [0.2, 0.25) is 0 Å². The topological polar surface area (TPSA) is 75.1 Å². The van der Waals surface area contributed by atoms with Crippen molar-refractivity contribution in [2.75, 3.05) is 0 Å². The number of carbonyl (C=O) groups is 1. The smallest absolute Gasteiger partial charge is 0.273 e. The molecule has 0 saturated heterocycles. The van der Waals surface area contributed by atoms with E-state index in [1.54, 1.807) is 0 Å². The third-order valence-corrected chi connectivity index (χ3v) is 4.69. The van der Waals surface area contributed by atoms with Gasteiger partial charge in [0.05, 0.1) is 22.4 Å². The highest BCUT2D eigenvalue weighted by Crippen LogP contribution is 2.25. The first-order valence-electron chi connectivity index (χ1n) is 7.11. The largest absolute Gasteiger partial charge is 0.345 e. The lowest BCUT2D eigenvalue weighted by Gasteiger charge is -2.02. The number of rotatable bonds is 4. The van der Waals surface area contributed by atoms with E-state index in [2.05, 4.69) is 52.4 Å². The molecule has 0 aromatic carbocycles. The zero-order valence-electron chi connectivity index (χ0n) is 12.6. The van der Waals surface area contributed by atoms with Gasteiger partial charge in [0.1, 0.15) is 5.65 Å². The van der Waals surface area contributed by atoms with Gasteiger partial charge in [-0.3, -0.25) is 9.89 Å². The first-order chi connectivity index (χ1) is 11.0. The molecule has 23 heavy (non-hydrogen) atoms. The lowest BCUT2D eigenvalue weighted by Crippen LogP contribution is -2.23. The molecule has 0 radical (unpaired) electrons. The van der Waals surface area contributed by atoms with E-state index in [9.17, 15) is 4.79 Å². The summed E-state index contributed by atoms with van der Waals surface area (Å²) in [6.07, 6.45) is 3.81. The van der Waals surface area contributed by atoms with Crippen LogP contribution >= 0.6 is 31.9 Å². The number of fused-ring (bicyclic) bond motifs is 1. The van der Waals surface area contributed by atoms with Gasteiger partial charge in [0.25, 0.3) is 5.91 Å². The van der Waals surface area contributed by atoms with E-state index < -0.39 is 0 Å². The fourth-order valence-corrected chi connectivity index (χ4v) is 3.40. The molecule has 3 heterocycles. The van der Waals surface area contributed by atoms with Crippen molar-refractivity contribution in [2.24, 2.45) is 0 Å². The summed E-state index contributed by atoms with van der Waals surface area (Å²) in [4.78, 5) is 16.7. The summed E-state index contributed by atoms with van der Waals surface area (Å²) < 4.78 is 3.59. The van der Waals surface area contributed by atoms with Crippen LogP contribution in [-0.2, 0) is 6.54 Å². The number of hydrogen-bond acceptors (Lipinski definition) is 3. The second-order valence-electron chi connectivity index (χ2n) is 5.48. The molecule has 3 aromatic rings. The maximum Gasteiger partial charge on any atom is 0.273 e. The minimum Gasteiger partial charge on any atom is -0.345 e. The summed E-state index contributed by atoms with van der Waals surface area (Å²) in [5.74, 6) is 0.0218. The molecular formula is C15H15Br2N5O. The van der Waals surface area contributed by atoms with Crippen LogP contribution in [-0.4, -0.2) is 25.5 Å². The number of imidazole rings is 1. The van der Waals surface area contributed by atoms with Crippen LogP contribution in [0.25, 0.3) is 5.65 Å². The summed E-state index contributed by atoms with van der Waals surface area (Å²) in [7, 11) is 0. The maximum atomic E-state index is 12.3. The van der Waals surface area contributed by atoms with Crippen LogP contribution in [0.1, 0.15) is 41.6 Å². The zero-order chi connectivity index (χ0) is 16.6. The number of amides is 1. The van der Waals surface area contributed by atoms with E-state index in [-0.39, 0.29) is 11.8 Å². The molecule has 0 bridgehead atoms. The molecule has 0 aliphatic heterocycles. The number of nitrogens with one attached hydrogen (secondary N) is 2. The van der Waals surface area contributed by atoms with E-state index >= 15 is 0 Å². The second kappa shape index (κ2) is 6.45. The Hall–Kier alpha value is -1.67. The summed E-state index contributed by atoms with van der Waals surface area (Å²) in [6, 6.07) is 3.84. The number of nitrogens with zero attached hydrogens (tertiary/aromatic N) is 3. The van der Waals surface area contributed by atoms with Gasteiger partial charge < -0.3 is 9.72 Å². The Morgan fingerprint density at radius 3 is 2.83 bits per heavy atom. The van der Waals surface area contributed by atoms with Crippen molar-refractivity contribution in [3.8, 4) is 0 Å². The molecule has 2 N–H and O–H groups in total. The van der Waals surface area contributed by atoms with E-state index in [1.165, 1.54) is 0 Å². The number of carbonyl (C=O) groups excluding carboxylic acids is 1. The molecule has 0 aliphatic carbocycles. The van der Waals surface area contributed by atoms with E-state index in [4.69, 9.17) is 0 Å². The number of halogens is 2. The van der Waals surface area contributed by atoms with Crippen molar-refractivity contribution < 1.29 is 4.79 Å². The van der Waals surface area contributed by atoms with Gasteiger partial charge in [-0.1, -0.05) is 13.8 Å². The average Bonchev–Trinajstić information content (AvgIpc) is 3.07. The van der Waals surface area contributed by atoms with E-state index in [1.807, 2.05) is 42.8 Å². The lowest BCUT2D eigenvalue weighted by molar-refractivity contribution is 0.0944. The second-order valence-corrected chi connectivity index (χ2v) is 7.19. The van der Waals surface area contributed by atoms with Crippen LogP contribution in [0.3, 0.4) is 0 Å². The Morgan fingerprint density at radius 1 is 1.35 bits per heavy atom. The Kier molecular flexibility index (Phi) is 4.54. The predicted octanol–water partition coefficient (Wildman–Crippen LogP) is 3.64. The van der Waals surface area contributed by atoms with Crippen LogP contribution in [0.5, 0.6) is 0 Å². The lowest BCUT2D eigenvalue weighted by atomic mass is 10.1. The number of pyridine rings is 1. The Bertz CT molecular complexity index is 868. The van der Waals surface area contributed by atoms with Crippen LogP contribution in [0.15, 0.2) is 33.5 Å². The van der Waals surface area contributed by atoms with Gasteiger partial charge in [-0.05, 0) is 49.9 Å². The van der Waals surface area contributed by atoms with Gasteiger partial charge >= 0.3 is 0 Å². The third-order valence-electron chi connectivity index (χ3n) is 3.42. The third kappa shape index (κ3) is 3.32. The van der Waals surface area contributed by atoms with Crippen LogP contribution < -0.4 is 5.32 Å². The number of hydrogen-bond donors (Lipinski definition) is 2. The summed E-state index contributed by atoms with van der Waals surface area (Å²) in [5.41, 5.74) is 2.89. The molecule has 3 rings (SSSR count). The minimum atomic E-state index is -0.238. The SMILES string of the molecule is CC(C)c1[nH]nc(C(=O)NCc2cn3cc(Br)ccc3n2)c1Br. The molecule has 0 aliphatic rings. The minimum absolute atomic E-state index is 0.238. The van der Waals surface area contributed by atoms with Crippen molar-refractivity contribution >= 4 is 43.4 Å². The fraction of sp³-hybridized carbons (Fsp3) is 0.267. The average molecular weight is 441 g/mol. The molecule has 1 amide bonds. The number of H-pyrrole nitrogens is 1. The van der Waals surface area contributed by atoms with Gasteiger partial charge in [0.15, 0.2) is 5.69 Å². The van der Waals surface area contributed by atoms with Crippen LogP contribution in [0.4, 0.5) is 0 Å². The van der Waals surface area contributed by atoms with Crippen molar-refractivity contribution in [3.63, 3.8) is 0 Å². The Balaban J connectivity index is 1.73. The van der Waals surface area contributed by atoms with E-state index in [0.29, 0.717) is 16.7 Å². The highest BCUT2D eigenvalue weighted by atomic mass is 79.9. The molecule has 0 atom stereocenters. The van der Waals surface area contributed by atoms with Gasteiger partial charge in [-0.15, -0.1) is 0 Å². The summed E-state index contributed by atoms with van der Waals surface area (Å²) >= 11 is 6.86. The molecule has 8 heteroatoms. The van der Waals surface area contributed by atoms with Crippen molar-refractivity contribution in [1.29, 1.82) is 0 Å². The Morgan fingerprint density at radius 2 is 2.13 bits per heavy atom. The zero-order valence-corrected chi connectivity index (χ0v) is 15.8. The number of aromatic nitrogens is 4. The van der Waals surface area contributed by atoms with Crippen LogP contribution in [0, 0.1) is 0 Å². The van der Waals surface area contributed by atoms with Crippen molar-refractivity contribution in [2.45, 2.75) is 26.3 Å². The molecule has 0 saturated carbocycles. The van der Waals surface area contributed by atoms with Crippen molar-refractivity contribution in [3.05, 3.63) is 50.6 Å². The highest BCUT2D eigenvalue weighted by Gasteiger charge is 2.19. The molecule has 120 valence electrons. The molecule has 6 nitrogen and oxygen atoms in total. The van der Waals surface area contributed by atoms with Gasteiger partial charge in [-0.2, -0.15) is 5.10 Å². The molecule has 3 aromatic heterocycles. The standard InChI is InChI=1S/C15H15Br2N5O/c1-8(2)13-12(17)14(21-20-13)15(23)18-5-10-7-22-6-9(16)3-4-11(22)19-10/h3-4,6-8H,5H2,1-2H3,(H,18,23)(H,20,21).